The second-order valence-corrected chi connectivity index (χ2v) is 6.78. The molecule has 0 bridgehead atoms. The van der Waals surface area contributed by atoms with Gasteiger partial charge in [0.1, 0.15) is 17.3 Å². The largest absolute Gasteiger partial charge is 0.467 e. The zero-order chi connectivity index (χ0) is 16.5. The quantitative estimate of drug-likeness (QED) is 0.837. The Morgan fingerprint density at radius 3 is 2.64 bits per heavy atom. The first-order chi connectivity index (χ1) is 10.2. The Morgan fingerprint density at radius 1 is 1.36 bits per heavy atom. The minimum absolute atomic E-state index is 0.0643. The fraction of sp³-hybridized carbons (Fsp3) is 0.500. The number of nitrogens with one attached hydrogen (secondary N) is 1. The van der Waals surface area contributed by atoms with E-state index in [9.17, 15) is 14.4 Å². The van der Waals surface area contributed by atoms with Crippen molar-refractivity contribution in [2.45, 2.75) is 37.4 Å². The second kappa shape index (κ2) is 6.04. The monoisotopic (exact) mass is 326 g/mol. The highest BCUT2D eigenvalue weighted by Crippen LogP contribution is 2.32. The zero-order valence-corrected chi connectivity index (χ0v) is 13.7. The summed E-state index contributed by atoms with van der Waals surface area (Å²) >= 11 is 1.39. The van der Waals surface area contributed by atoms with E-state index in [-0.39, 0.29) is 5.69 Å². The summed E-state index contributed by atoms with van der Waals surface area (Å²) in [7, 11) is 1.28. The van der Waals surface area contributed by atoms with Gasteiger partial charge in [0.2, 0.25) is 0 Å². The van der Waals surface area contributed by atoms with Crippen LogP contribution < -0.4 is 10.9 Å². The van der Waals surface area contributed by atoms with E-state index >= 15 is 0 Å². The van der Waals surface area contributed by atoms with Gasteiger partial charge in [0, 0.05) is 5.75 Å². The molecule has 22 heavy (non-hydrogen) atoms. The highest BCUT2D eigenvalue weighted by molar-refractivity contribution is 7.99. The van der Waals surface area contributed by atoms with Gasteiger partial charge < -0.3 is 9.47 Å². The highest BCUT2D eigenvalue weighted by Gasteiger charge is 2.31. The number of rotatable bonds is 2. The van der Waals surface area contributed by atoms with Crippen LogP contribution in [0.1, 0.15) is 26.8 Å². The third-order valence-corrected chi connectivity index (χ3v) is 4.00. The highest BCUT2D eigenvalue weighted by atomic mass is 32.2. The molecule has 0 spiro atoms. The van der Waals surface area contributed by atoms with Gasteiger partial charge in [-0.25, -0.2) is 9.59 Å². The summed E-state index contributed by atoms with van der Waals surface area (Å²) < 4.78 is 11.2. The molecule has 0 aromatic carbocycles. The van der Waals surface area contributed by atoms with Crippen molar-refractivity contribution in [2.24, 2.45) is 0 Å². The predicted molar refractivity (Wildman–Crippen MR) is 82.3 cm³/mol. The third kappa shape index (κ3) is 3.44. The predicted octanol–water partition coefficient (Wildman–Crippen LogP) is 2.02. The van der Waals surface area contributed by atoms with Crippen molar-refractivity contribution in [3.05, 3.63) is 22.5 Å². The average molecular weight is 326 g/mol. The third-order valence-electron chi connectivity index (χ3n) is 2.89. The molecular weight excluding hydrogens is 308 g/mol. The minimum Gasteiger partial charge on any atom is -0.467 e. The molecule has 0 saturated carbocycles. The van der Waals surface area contributed by atoms with E-state index in [1.165, 1.54) is 29.5 Å². The molecule has 0 aliphatic carbocycles. The Hall–Kier alpha value is -1.96. The number of carbonyl (C=O) groups excluding carboxylic acids is 2. The Balaban J connectivity index is 2.28. The van der Waals surface area contributed by atoms with Crippen LogP contribution in [-0.4, -0.2) is 35.1 Å². The van der Waals surface area contributed by atoms with Gasteiger partial charge >= 0.3 is 12.1 Å². The average Bonchev–Trinajstić information content (AvgIpc) is 2.83. The first-order valence-electron chi connectivity index (χ1n) is 6.69. The maximum absolute atomic E-state index is 12.5. The molecule has 8 heteroatoms. The minimum atomic E-state index is -0.717. The number of nitrogens with zero attached hydrogens (tertiary/aromatic N) is 1. The molecule has 1 aliphatic rings. The molecule has 0 fully saturated rings. The van der Waals surface area contributed by atoms with E-state index in [4.69, 9.17) is 9.47 Å². The number of pyridine rings is 1. The topological polar surface area (TPSA) is 86.6 Å². The van der Waals surface area contributed by atoms with Crippen LogP contribution in [0.2, 0.25) is 0 Å². The Morgan fingerprint density at radius 2 is 2.05 bits per heavy atom. The van der Waals surface area contributed by atoms with Crippen LogP contribution in [0.3, 0.4) is 0 Å². The van der Waals surface area contributed by atoms with E-state index in [1.807, 2.05) is 0 Å². The first-order valence-corrected chi connectivity index (χ1v) is 7.67. The molecule has 1 aromatic heterocycles. The molecule has 1 N–H and O–H groups in total. The van der Waals surface area contributed by atoms with E-state index < -0.39 is 29.3 Å². The van der Waals surface area contributed by atoms with Gasteiger partial charge in [0.05, 0.1) is 12.1 Å². The molecule has 1 atom stereocenters. The summed E-state index contributed by atoms with van der Waals surface area (Å²) in [6.45, 7) is 5.18. The van der Waals surface area contributed by atoms with Crippen LogP contribution in [0.4, 0.5) is 10.5 Å². The number of carbonyl (C=O) groups is 2. The van der Waals surface area contributed by atoms with Crippen LogP contribution in [0.25, 0.3) is 0 Å². The summed E-state index contributed by atoms with van der Waals surface area (Å²) in [4.78, 5) is 36.0. The molecular formula is C14H18N2O5S. The van der Waals surface area contributed by atoms with Gasteiger partial charge in [-0.05, 0) is 32.9 Å². The fourth-order valence-electron chi connectivity index (χ4n) is 2.01. The summed E-state index contributed by atoms with van der Waals surface area (Å²) in [5.74, 6) is -0.0552. The lowest BCUT2D eigenvalue weighted by Crippen LogP contribution is -2.33. The van der Waals surface area contributed by atoms with E-state index in [2.05, 4.69) is 5.32 Å². The van der Waals surface area contributed by atoms with Crippen molar-refractivity contribution >= 4 is 29.5 Å². The lowest BCUT2D eigenvalue weighted by Gasteiger charge is -2.20. The SMILES string of the molecule is COC(=O)[C@@H]1CSc2ccc(NC(=O)OC(C)(C)C)c(=O)n21. The number of anilines is 1. The molecule has 1 amide bonds. The number of fused-ring (bicyclic) bond motifs is 1. The van der Waals surface area contributed by atoms with Crippen LogP contribution in [-0.2, 0) is 14.3 Å². The maximum atomic E-state index is 12.5. The lowest BCUT2D eigenvalue weighted by atomic mass is 10.2. The number of thioether (sulfide) groups is 1. The smallest absolute Gasteiger partial charge is 0.412 e. The summed E-state index contributed by atoms with van der Waals surface area (Å²) in [5, 5.41) is 3.08. The van der Waals surface area contributed by atoms with E-state index in [1.54, 1.807) is 26.8 Å². The number of aromatic nitrogens is 1. The van der Waals surface area contributed by atoms with Crippen LogP contribution in [0.5, 0.6) is 0 Å². The van der Waals surface area contributed by atoms with Crippen molar-refractivity contribution < 1.29 is 19.1 Å². The van der Waals surface area contributed by atoms with Crippen molar-refractivity contribution in [1.29, 1.82) is 0 Å². The molecule has 120 valence electrons. The van der Waals surface area contributed by atoms with Gasteiger partial charge in [-0.2, -0.15) is 0 Å². The molecule has 2 rings (SSSR count). The van der Waals surface area contributed by atoms with Gasteiger partial charge in [0.15, 0.2) is 0 Å². The van der Waals surface area contributed by atoms with Gasteiger partial charge in [-0.1, -0.05) is 0 Å². The standard InChI is InChI=1S/C14H18N2O5S/c1-14(2,3)21-13(19)15-8-5-6-10-16(11(8)17)9(7-22-10)12(18)20-4/h5-6,9H,7H2,1-4H3,(H,15,19)/t9-/m0/s1. The van der Waals surface area contributed by atoms with Crippen molar-refractivity contribution in [1.82, 2.24) is 4.57 Å². The molecule has 0 saturated heterocycles. The van der Waals surface area contributed by atoms with Crippen LogP contribution in [0, 0.1) is 0 Å². The Kier molecular flexibility index (Phi) is 4.50. The molecule has 1 aromatic rings. The van der Waals surface area contributed by atoms with E-state index in [0.29, 0.717) is 10.8 Å². The Bertz CT molecular complexity index is 662. The normalized spacial score (nSPS) is 16.8. The molecule has 2 heterocycles. The lowest BCUT2D eigenvalue weighted by molar-refractivity contribution is -0.143. The maximum Gasteiger partial charge on any atom is 0.412 e. The number of ether oxygens (including phenoxy) is 2. The van der Waals surface area contributed by atoms with Gasteiger partial charge in [-0.15, -0.1) is 11.8 Å². The molecule has 0 radical (unpaired) electrons. The fourth-order valence-corrected chi connectivity index (χ4v) is 3.13. The number of hydrogen-bond donors (Lipinski definition) is 1. The van der Waals surface area contributed by atoms with Gasteiger partial charge in [-0.3, -0.25) is 14.7 Å². The second-order valence-electron chi connectivity index (χ2n) is 5.74. The number of amides is 1. The Labute approximate surface area is 132 Å². The summed E-state index contributed by atoms with van der Waals surface area (Å²) in [6.07, 6.45) is -0.717. The van der Waals surface area contributed by atoms with Crippen LogP contribution in [0.15, 0.2) is 22.0 Å². The number of methoxy groups -OCH3 is 1. The zero-order valence-electron chi connectivity index (χ0n) is 12.8. The van der Waals surface area contributed by atoms with Crippen molar-refractivity contribution in [2.75, 3.05) is 18.2 Å². The van der Waals surface area contributed by atoms with E-state index in [0.717, 1.165) is 0 Å². The molecule has 1 aliphatic heterocycles. The number of esters is 1. The van der Waals surface area contributed by atoms with Crippen molar-refractivity contribution in [3.63, 3.8) is 0 Å². The van der Waals surface area contributed by atoms with Gasteiger partial charge in [0.25, 0.3) is 5.56 Å². The number of hydrogen-bond acceptors (Lipinski definition) is 6. The molecule has 0 unspecified atom stereocenters. The van der Waals surface area contributed by atoms with Crippen LogP contribution >= 0.6 is 11.8 Å². The summed E-state index contributed by atoms with van der Waals surface area (Å²) in [6, 6.07) is 2.50. The van der Waals surface area contributed by atoms with Crippen molar-refractivity contribution in [3.8, 4) is 0 Å². The first kappa shape index (κ1) is 16.4. The summed E-state index contributed by atoms with van der Waals surface area (Å²) in [5.41, 5.74) is -1.06. The molecule has 7 nitrogen and oxygen atoms in total.